The summed E-state index contributed by atoms with van der Waals surface area (Å²) >= 11 is 0. The maximum absolute atomic E-state index is 11.3. The van der Waals surface area contributed by atoms with Crippen LogP contribution in [0.4, 0.5) is 0 Å². The van der Waals surface area contributed by atoms with Gasteiger partial charge in [-0.15, -0.1) is 6.58 Å². The molecule has 2 rings (SSSR count). The number of hydrogen-bond acceptors (Lipinski definition) is 1. The van der Waals surface area contributed by atoms with Gasteiger partial charge in [0.25, 0.3) is 0 Å². The van der Waals surface area contributed by atoms with Gasteiger partial charge in [-0.3, -0.25) is 4.79 Å². The molecule has 2 nitrogen and oxygen atoms in total. The third kappa shape index (κ3) is 4.60. The van der Waals surface area contributed by atoms with E-state index in [9.17, 15) is 9.90 Å². The summed E-state index contributed by atoms with van der Waals surface area (Å²) in [5.74, 6) is 2.09. The highest BCUT2D eigenvalue weighted by molar-refractivity contribution is 5.72. The van der Waals surface area contributed by atoms with Crippen LogP contribution in [0.15, 0.2) is 12.7 Å². The minimum atomic E-state index is -0.685. The van der Waals surface area contributed by atoms with Crippen molar-refractivity contribution in [2.75, 3.05) is 0 Å². The Balaban J connectivity index is 1.73. The van der Waals surface area contributed by atoms with Crippen molar-refractivity contribution in [1.29, 1.82) is 0 Å². The van der Waals surface area contributed by atoms with Gasteiger partial charge < -0.3 is 5.11 Å². The van der Waals surface area contributed by atoms with Crippen molar-refractivity contribution < 1.29 is 9.90 Å². The fourth-order valence-corrected chi connectivity index (χ4v) is 4.91. The zero-order valence-corrected chi connectivity index (χ0v) is 14.3. The molecule has 2 fully saturated rings. The van der Waals surface area contributed by atoms with Gasteiger partial charge >= 0.3 is 5.97 Å². The van der Waals surface area contributed by atoms with Crippen LogP contribution in [0.25, 0.3) is 0 Å². The minimum absolute atomic E-state index is 0.326. The van der Waals surface area contributed by atoms with Crippen LogP contribution in [0, 0.1) is 29.6 Å². The number of carbonyl (C=O) groups is 1. The second kappa shape index (κ2) is 8.74. The molecule has 2 heteroatoms. The fraction of sp³-hybridized carbons (Fsp3) is 0.850. The zero-order chi connectivity index (χ0) is 15.9. The van der Waals surface area contributed by atoms with Crippen molar-refractivity contribution in [3.63, 3.8) is 0 Å². The third-order valence-electron chi connectivity index (χ3n) is 6.39. The Hall–Kier alpha value is -0.790. The second-order valence-corrected chi connectivity index (χ2v) is 7.70. The van der Waals surface area contributed by atoms with Crippen LogP contribution in [0.5, 0.6) is 0 Å². The molecule has 1 atom stereocenters. The van der Waals surface area contributed by atoms with Gasteiger partial charge in [-0.05, 0) is 62.2 Å². The molecule has 0 aromatic heterocycles. The van der Waals surface area contributed by atoms with E-state index in [0.717, 1.165) is 30.6 Å². The third-order valence-corrected chi connectivity index (χ3v) is 6.39. The van der Waals surface area contributed by atoms with Crippen LogP contribution in [0.2, 0.25) is 0 Å². The first-order chi connectivity index (χ1) is 10.7. The lowest BCUT2D eigenvalue weighted by Gasteiger charge is -2.38. The lowest BCUT2D eigenvalue weighted by atomic mass is 9.67. The van der Waals surface area contributed by atoms with Crippen LogP contribution < -0.4 is 0 Å². The summed E-state index contributed by atoms with van der Waals surface area (Å²) in [5, 5.41) is 9.27. The summed E-state index contributed by atoms with van der Waals surface area (Å²) < 4.78 is 0. The average Bonchev–Trinajstić information content (AvgIpc) is 2.54. The van der Waals surface area contributed by atoms with Crippen molar-refractivity contribution in [2.45, 2.75) is 77.6 Å². The van der Waals surface area contributed by atoms with Gasteiger partial charge in [0.2, 0.25) is 0 Å². The molecule has 0 heterocycles. The van der Waals surface area contributed by atoms with Crippen molar-refractivity contribution in [3.05, 3.63) is 12.7 Å². The molecule has 0 spiro atoms. The number of carboxylic acid groups (broad SMARTS) is 1. The Morgan fingerprint density at radius 1 is 1.09 bits per heavy atom. The average molecular weight is 306 g/mol. The SMILES string of the molecule is C=CC(C(=O)O)[C@H]1CC[C@H]([C@H]2CC[C@H](CCCC)CC2)CC1. The standard InChI is InChI=1S/C20H34O2/c1-3-5-6-15-7-9-16(10-8-15)17-11-13-18(14-12-17)19(4-2)20(21)22/h4,15-19H,2-3,5-14H2,1H3,(H,21,22)/t15-,16-,17-,18-,19?. The highest BCUT2D eigenvalue weighted by Crippen LogP contribution is 2.43. The molecule has 0 aromatic carbocycles. The first-order valence-electron chi connectivity index (χ1n) is 9.51. The molecule has 2 saturated carbocycles. The van der Waals surface area contributed by atoms with E-state index in [1.165, 1.54) is 57.8 Å². The topological polar surface area (TPSA) is 37.3 Å². The van der Waals surface area contributed by atoms with E-state index in [4.69, 9.17) is 0 Å². The highest BCUT2D eigenvalue weighted by atomic mass is 16.4. The molecule has 2 aliphatic rings. The molecular weight excluding hydrogens is 272 g/mol. The van der Waals surface area contributed by atoms with Gasteiger partial charge in [0.05, 0.1) is 5.92 Å². The number of unbranched alkanes of at least 4 members (excludes halogenated alkanes) is 1. The molecule has 0 aliphatic heterocycles. The molecule has 0 radical (unpaired) electrons. The fourth-order valence-electron chi connectivity index (χ4n) is 4.91. The number of carboxylic acids is 1. The van der Waals surface area contributed by atoms with Crippen LogP contribution >= 0.6 is 0 Å². The van der Waals surface area contributed by atoms with Gasteiger partial charge in [-0.2, -0.15) is 0 Å². The summed E-state index contributed by atoms with van der Waals surface area (Å²) in [6.07, 6.45) is 16.2. The molecular formula is C20H34O2. The van der Waals surface area contributed by atoms with E-state index < -0.39 is 5.97 Å². The summed E-state index contributed by atoms with van der Waals surface area (Å²) in [7, 11) is 0. The first kappa shape index (κ1) is 17.6. The molecule has 0 bridgehead atoms. The van der Waals surface area contributed by atoms with Crippen LogP contribution in [0.3, 0.4) is 0 Å². The Morgan fingerprint density at radius 3 is 2.09 bits per heavy atom. The first-order valence-corrected chi connectivity index (χ1v) is 9.51. The predicted molar refractivity (Wildman–Crippen MR) is 91.7 cm³/mol. The molecule has 0 saturated heterocycles. The molecule has 1 unspecified atom stereocenters. The molecule has 22 heavy (non-hydrogen) atoms. The molecule has 126 valence electrons. The van der Waals surface area contributed by atoms with Gasteiger partial charge in [0.1, 0.15) is 0 Å². The van der Waals surface area contributed by atoms with Crippen LogP contribution in [-0.2, 0) is 4.79 Å². The maximum atomic E-state index is 11.3. The van der Waals surface area contributed by atoms with E-state index in [0.29, 0.717) is 5.92 Å². The summed E-state index contributed by atoms with van der Waals surface area (Å²) in [5.41, 5.74) is 0. The minimum Gasteiger partial charge on any atom is -0.481 e. The normalized spacial score (nSPS) is 34.0. The lowest BCUT2D eigenvalue weighted by molar-refractivity contribution is -0.142. The van der Waals surface area contributed by atoms with Crippen molar-refractivity contribution >= 4 is 5.97 Å². The van der Waals surface area contributed by atoms with E-state index in [2.05, 4.69) is 13.5 Å². The molecule has 2 aliphatic carbocycles. The Kier molecular flexibility index (Phi) is 6.98. The van der Waals surface area contributed by atoms with Gasteiger partial charge in [-0.25, -0.2) is 0 Å². The number of rotatable bonds is 7. The Labute approximate surface area is 136 Å². The monoisotopic (exact) mass is 306 g/mol. The van der Waals surface area contributed by atoms with Gasteiger partial charge in [-0.1, -0.05) is 45.1 Å². The summed E-state index contributed by atoms with van der Waals surface area (Å²) in [4.78, 5) is 11.3. The Morgan fingerprint density at radius 2 is 1.64 bits per heavy atom. The highest BCUT2D eigenvalue weighted by Gasteiger charge is 2.34. The molecule has 0 amide bonds. The molecule has 0 aromatic rings. The van der Waals surface area contributed by atoms with E-state index in [1.807, 2.05) is 0 Å². The summed E-state index contributed by atoms with van der Waals surface area (Å²) in [6, 6.07) is 0. The predicted octanol–water partition coefficient (Wildman–Crippen LogP) is 5.68. The van der Waals surface area contributed by atoms with Crippen LogP contribution in [-0.4, -0.2) is 11.1 Å². The smallest absolute Gasteiger partial charge is 0.310 e. The van der Waals surface area contributed by atoms with Crippen molar-refractivity contribution in [3.8, 4) is 0 Å². The lowest BCUT2D eigenvalue weighted by Crippen LogP contribution is -2.30. The van der Waals surface area contributed by atoms with Crippen LogP contribution in [0.1, 0.15) is 77.6 Å². The van der Waals surface area contributed by atoms with Crippen molar-refractivity contribution in [2.24, 2.45) is 29.6 Å². The quantitative estimate of drug-likeness (QED) is 0.615. The summed E-state index contributed by atoms with van der Waals surface area (Å²) in [6.45, 7) is 6.01. The molecule has 1 N–H and O–H groups in total. The number of aliphatic carboxylic acids is 1. The zero-order valence-electron chi connectivity index (χ0n) is 14.3. The Bertz CT molecular complexity index is 347. The maximum Gasteiger partial charge on any atom is 0.310 e. The van der Waals surface area contributed by atoms with Gasteiger partial charge in [0.15, 0.2) is 0 Å². The second-order valence-electron chi connectivity index (χ2n) is 7.70. The number of hydrogen-bond donors (Lipinski definition) is 1. The van der Waals surface area contributed by atoms with E-state index in [1.54, 1.807) is 6.08 Å². The van der Waals surface area contributed by atoms with E-state index in [-0.39, 0.29) is 5.92 Å². The van der Waals surface area contributed by atoms with Gasteiger partial charge in [0, 0.05) is 0 Å². The van der Waals surface area contributed by atoms with Crippen molar-refractivity contribution in [1.82, 2.24) is 0 Å². The van der Waals surface area contributed by atoms with E-state index >= 15 is 0 Å². The largest absolute Gasteiger partial charge is 0.481 e.